The number of pyridine rings is 1. The van der Waals surface area contributed by atoms with E-state index in [1.165, 1.54) is 9.13 Å². The fourth-order valence-electron chi connectivity index (χ4n) is 2.69. The van der Waals surface area contributed by atoms with Gasteiger partial charge in [0.25, 0.3) is 0 Å². The molecule has 0 unspecified atom stereocenters. The topological polar surface area (TPSA) is 86.0 Å². The normalized spacial score (nSPS) is 10.8. The van der Waals surface area contributed by atoms with Crippen molar-refractivity contribution in [2.45, 2.75) is 26.6 Å². The van der Waals surface area contributed by atoms with E-state index < -0.39 is 11.1 Å². The Morgan fingerprint density at radius 3 is 2.48 bits per heavy atom. The van der Waals surface area contributed by atoms with Crippen LogP contribution in [0.3, 0.4) is 0 Å². The maximum absolute atomic E-state index is 12.4. The number of aromatic nitrogens is 3. The average molecular weight is 338 g/mol. The lowest BCUT2D eigenvalue weighted by atomic mass is 10.2. The second kappa shape index (κ2) is 7.12. The zero-order valence-electron chi connectivity index (χ0n) is 13.8. The Labute approximate surface area is 143 Å². The minimum atomic E-state index is -0.725. The number of amides is 1. The van der Waals surface area contributed by atoms with Crippen molar-refractivity contribution < 1.29 is 4.79 Å². The number of nitrogens with zero attached hydrogens (tertiary/aromatic N) is 3. The molecule has 0 radical (unpaired) electrons. The largest absolute Gasteiger partial charge is 0.350 e. The molecule has 7 heteroatoms. The maximum atomic E-state index is 12.4. The van der Waals surface area contributed by atoms with Gasteiger partial charge in [-0.2, -0.15) is 0 Å². The fraction of sp³-hybridized carbons (Fsp3) is 0.222. The maximum Gasteiger partial charge on any atom is 0.318 e. The quantitative estimate of drug-likeness (QED) is 0.700. The van der Waals surface area contributed by atoms with Crippen molar-refractivity contribution in [1.29, 1.82) is 0 Å². The summed E-state index contributed by atoms with van der Waals surface area (Å²) >= 11 is 0. The molecule has 25 heavy (non-hydrogen) atoms. The predicted molar refractivity (Wildman–Crippen MR) is 94.2 cm³/mol. The molecule has 0 bridgehead atoms. The van der Waals surface area contributed by atoms with E-state index in [0.29, 0.717) is 24.3 Å². The van der Waals surface area contributed by atoms with Gasteiger partial charge in [-0.3, -0.25) is 23.5 Å². The molecule has 0 aliphatic heterocycles. The highest BCUT2D eigenvalue weighted by Crippen LogP contribution is 2.07. The number of aryl methyl sites for hydroxylation is 1. The van der Waals surface area contributed by atoms with Crippen molar-refractivity contribution in [1.82, 2.24) is 19.4 Å². The van der Waals surface area contributed by atoms with E-state index >= 15 is 0 Å². The van der Waals surface area contributed by atoms with E-state index in [-0.39, 0.29) is 12.5 Å². The molecule has 1 amide bonds. The highest BCUT2D eigenvalue weighted by atomic mass is 16.2. The average Bonchev–Trinajstić information content (AvgIpc) is 2.65. The molecular weight excluding hydrogens is 320 g/mol. The van der Waals surface area contributed by atoms with Crippen LogP contribution in [0.25, 0.3) is 11.2 Å². The first-order chi connectivity index (χ1) is 12.1. The summed E-state index contributed by atoms with van der Waals surface area (Å²) in [5.74, 6) is -0.343. The smallest absolute Gasteiger partial charge is 0.318 e. The zero-order chi connectivity index (χ0) is 17.8. The first kappa shape index (κ1) is 16.6. The third-order valence-electron chi connectivity index (χ3n) is 3.94. The molecule has 3 aromatic rings. The van der Waals surface area contributed by atoms with Gasteiger partial charge in [0, 0.05) is 19.3 Å². The van der Waals surface area contributed by atoms with Crippen molar-refractivity contribution in [3.8, 4) is 0 Å². The van der Waals surface area contributed by atoms with E-state index in [9.17, 15) is 14.4 Å². The number of benzene rings is 1. The Hall–Kier alpha value is -3.22. The van der Waals surface area contributed by atoms with Crippen LogP contribution in [0.1, 0.15) is 12.5 Å². The molecule has 0 fully saturated rings. The van der Waals surface area contributed by atoms with Gasteiger partial charge in [-0.15, -0.1) is 0 Å². The van der Waals surface area contributed by atoms with Crippen LogP contribution in [0.2, 0.25) is 0 Å². The molecule has 7 nitrogen and oxygen atoms in total. The van der Waals surface area contributed by atoms with Gasteiger partial charge in [-0.05, 0) is 24.6 Å². The summed E-state index contributed by atoms with van der Waals surface area (Å²) in [6.45, 7) is 2.23. The summed E-state index contributed by atoms with van der Waals surface area (Å²) in [5.41, 5.74) is 0.409. The minimum Gasteiger partial charge on any atom is -0.350 e. The number of carbonyl (C=O) groups is 1. The van der Waals surface area contributed by atoms with Crippen LogP contribution >= 0.6 is 0 Å². The highest BCUT2D eigenvalue weighted by Gasteiger charge is 2.15. The van der Waals surface area contributed by atoms with Crippen LogP contribution in [0.5, 0.6) is 0 Å². The van der Waals surface area contributed by atoms with Crippen molar-refractivity contribution in [3.63, 3.8) is 0 Å². The Balaban J connectivity index is 1.91. The van der Waals surface area contributed by atoms with Gasteiger partial charge < -0.3 is 5.32 Å². The Morgan fingerprint density at radius 1 is 1.04 bits per heavy atom. The number of rotatable bonds is 5. The van der Waals surface area contributed by atoms with Gasteiger partial charge in [-0.25, -0.2) is 4.98 Å². The number of nitrogens with one attached hydrogen (secondary N) is 1. The van der Waals surface area contributed by atoms with Crippen molar-refractivity contribution >= 4 is 17.1 Å². The lowest BCUT2D eigenvalue weighted by molar-refractivity contribution is -0.121. The lowest BCUT2D eigenvalue weighted by Crippen LogP contribution is -2.43. The first-order valence-corrected chi connectivity index (χ1v) is 8.00. The number of hydrogen-bond acceptors (Lipinski definition) is 4. The molecule has 128 valence electrons. The van der Waals surface area contributed by atoms with Gasteiger partial charge in [0.05, 0.1) is 5.52 Å². The molecule has 0 spiro atoms. The van der Waals surface area contributed by atoms with E-state index in [0.717, 1.165) is 5.56 Å². The molecule has 0 atom stereocenters. The molecule has 2 heterocycles. The molecule has 0 aliphatic carbocycles. The van der Waals surface area contributed by atoms with Crippen LogP contribution < -0.4 is 16.4 Å². The molecule has 1 aromatic carbocycles. The van der Waals surface area contributed by atoms with Crippen molar-refractivity contribution in [2.75, 3.05) is 0 Å². The summed E-state index contributed by atoms with van der Waals surface area (Å²) in [6.07, 6.45) is 1.55. The molecule has 1 N–H and O–H groups in total. The molecule has 2 aromatic heterocycles. The zero-order valence-corrected chi connectivity index (χ0v) is 13.8. The minimum absolute atomic E-state index is 0.229. The van der Waals surface area contributed by atoms with Gasteiger partial charge in [0.2, 0.25) is 5.91 Å². The summed E-state index contributed by atoms with van der Waals surface area (Å²) in [5, 5.41) is 2.76. The summed E-state index contributed by atoms with van der Waals surface area (Å²) in [7, 11) is 0. The van der Waals surface area contributed by atoms with Crippen LogP contribution in [0, 0.1) is 0 Å². The summed E-state index contributed by atoms with van der Waals surface area (Å²) in [4.78, 5) is 41.1. The van der Waals surface area contributed by atoms with Crippen molar-refractivity contribution in [3.05, 3.63) is 74.9 Å². The van der Waals surface area contributed by atoms with Crippen molar-refractivity contribution in [2.24, 2.45) is 0 Å². The highest BCUT2D eigenvalue weighted by molar-refractivity contribution is 5.78. The van der Waals surface area contributed by atoms with Crippen LogP contribution in [-0.2, 0) is 24.4 Å². The standard InChI is InChI=1S/C18H18N4O3/c1-2-21-16-14(9-6-10-19-16)22(18(25)17(21)24)12-15(23)20-11-13-7-4-3-5-8-13/h3-10H,2,11-12H2,1H3,(H,20,23). The summed E-state index contributed by atoms with van der Waals surface area (Å²) in [6, 6.07) is 12.8. The predicted octanol–water partition coefficient (Wildman–Crippen LogP) is 0.895. The Morgan fingerprint density at radius 2 is 1.76 bits per heavy atom. The monoisotopic (exact) mass is 338 g/mol. The number of hydrogen-bond donors (Lipinski definition) is 1. The first-order valence-electron chi connectivity index (χ1n) is 8.00. The molecule has 0 saturated carbocycles. The second-order valence-electron chi connectivity index (χ2n) is 5.55. The third-order valence-corrected chi connectivity index (χ3v) is 3.94. The fourth-order valence-corrected chi connectivity index (χ4v) is 2.69. The van der Waals surface area contributed by atoms with Gasteiger partial charge in [-0.1, -0.05) is 30.3 Å². The van der Waals surface area contributed by atoms with E-state index in [4.69, 9.17) is 0 Å². The molecule has 0 saturated heterocycles. The second-order valence-corrected chi connectivity index (χ2v) is 5.55. The molecular formula is C18H18N4O3. The van der Waals surface area contributed by atoms with E-state index in [1.807, 2.05) is 30.3 Å². The third kappa shape index (κ3) is 3.35. The van der Waals surface area contributed by atoms with E-state index in [1.54, 1.807) is 25.3 Å². The Kier molecular flexibility index (Phi) is 4.74. The van der Waals surface area contributed by atoms with Crippen LogP contribution in [0.4, 0.5) is 0 Å². The summed E-state index contributed by atoms with van der Waals surface area (Å²) < 4.78 is 2.49. The van der Waals surface area contributed by atoms with Crippen LogP contribution in [0.15, 0.2) is 58.3 Å². The lowest BCUT2D eigenvalue weighted by Gasteiger charge is -2.13. The molecule has 3 rings (SSSR count). The number of fused-ring (bicyclic) bond motifs is 1. The van der Waals surface area contributed by atoms with Gasteiger partial charge in [0.15, 0.2) is 5.65 Å². The Bertz CT molecular complexity index is 1020. The van der Waals surface area contributed by atoms with Gasteiger partial charge in [0.1, 0.15) is 6.54 Å². The number of carbonyl (C=O) groups excluding carboxylic acids is 1. The van der Waals surface area contributed by atoms with Crippen LogP contribution in [-0.4, -0.2) is 20.0 Å². The van der Waals surface area contributed by atoms with Gasteiger partial charge >= 0.3 is 11.1 Å². The molecule has 0 aliphatic rings. The SMILES string of the molecule is CCn1c(=O)c(=O)n(CC(=O)NCc2ccccc2)c2cccnc21. The van der Waals surface area contributed by atoms with E-state index in [2.05, 4.69) is 10.3 Å².